The number of thiophene rings is 1. The fraction of sp³-hybridized carbons (Fsp3) is 0.321. The zero-order valence-corrected chi connectivity index (χ0v) is 21.1. The number of nitrogens with one attached hydrogen (secondary N) is 1. The van der Waals surface area contributed by atoms with E-state index in [4.69, 9.17) is 14.6 Å². The third-order valence-electron chi connectivity index (χ3n) is 5.94. The minimum absolute atomic E-state index is 0.00954. The van der Waals surface area contributed by atoms with Crippen molar-refractivity contribution in [1.29, 1.82) is 0 Å². The third kappa shape index (κ3) is 7.82. The highest BCUT2D eigenvalue weighted by Crippen LogP contribution is 2.31. The van der Waals surface area contributed by atoms with Crippen molar-refractivity contribution in [2.45, 2.75) is 51.2 Å². The Bertz CT molecular complexity index is 1250. The molecule has 3 N–H and O–H groups in total. The zero-order valence-electron chi connectivity index (χ0n) is 20.3. The van der Waals surface area contributed by atoms with Gasteiger partial charge in [-0.2, -0.15) is 11.3 Å². The summed E-state index contributed by atoms with van der Waals surface area (Å²) < 4.78 is 12.0. The molecule has 0 saturated heterocycles. The third-order valence-corrected chi connectivity index (χ3v) is 6.62. The smallest absolute Gasteiger partial charge is 0.303 e. The van der Waals surface area contributed by atoms with Crippen molar-refractivity contribution < 1.29 is 34.1 Å². The minimum atomic E-state index is -0.928. The Hall–Kier alpha value is -3.85. The van der Waals surface area contributed by atoms with Crippen LogP contribution in [0.5, 0.6) is 11.5 Å². The number of amides is 1. The predicted molar refractivity (Wildman–Crippen MR) is 139 cm³/mol. The zero-order chi connectivity index (χ0) is 26.2. The molecule has 1 fully saturated rings. The normalized spacial score (nSPS) is 12.6. The summed E-state index contributed by atoms with van der Waals surface area (Å²) in [5.74, 6) is -0.914. The standard InChI is InChI=1S/C28H29NO7S/c30-26(31)5-2-11-35-25-4-1-3-18(24(25)8-9-27(32)33)16-36-23-14-20(19-10-12-37-17-19)13-21(15-23)28(34)29-22-6-7-22/h1,3-4,10,12-15,17,22H,2,5-9,11,16H2,(H,29,34)(H,30,31)(H,32,33). The summed E-state index contributed by atoms with van der Waals surface area (Å²) in [5, 5.41) is 25.1. The van der Waals surface area contributed by atoms with Crippen molar-refractivity contribution in [3.05, 3.63) is 69.9 Å². The molecule has 2 aromatic carbocycles. The number of rotatable bonds is 14. The van der Waals surface area contributed by atoms with Gasteiger partial charge in [-0.05, 0) is 83.5 Å². The molecule has 1 amide bonds. The molecule has 1 aliphatic carbocycles. The van der Waals surface area contributed by atoms with Gasteiger partial charge >= 0.3 is 11.9 Å². The number of aliphatic carboxylic acids is 2. The number of hydrogen-bond acceptors (Lipinski definition) is 6. The van der Waals surface area contributed by atoms with E-state index in [9.17, 15) is 19.5 Å². The van der Waals surface area contributed by atoms with Crippen LogP contribution >= 0.6 is 11.3 Å². The maximum absolute atomic E-state index is 12.8. The number of ether oxygens (including phenoxy) is 2. The molecule has 1 heterocycles. The lowest BCUT2D eigenvalue weighted by Crippen LogP contribution is -2.25. The van der Waals surface area contributed by atoms with E-state index in [1.54, 1.807) is 29.5 Å². The molecule has 1 saturated carbocycles. The van der Waals surface area contributed by atoms with Crippen LogP contribution in [0.25, 0.3) is 11.1 Å². The predicted octanol–water partition coefficient (Wildman–Crippen LogP) is 5.15. The lowest BCUT2D eigenvalue weighted by molar-refractivity contribution is -0.138. The van der Waals surface area contributed by atoms with Gasteiger partial charge in [0.2, 0.25) is 0 Å². The summed E-state index contributed by atoms with van der Waals surface area (Å²) in [6.07, 6.45) is 2.48. The first-order chi connectivity index (χ1) is 17.9. The molecule has 194 valence electrons. The second kappa shape index (κ2) is 12.4. The summed E-state index contributed by atoms with van der Waals surface area (Å²) >= 11 is 1.57. The van der Waals surface area contributed by atoms with Crippen molar-refractivity contribution in [1.82, 2.24) is 5.32 Å². The first-order valence-electron chi connectivity index (χ1n) is 12.2. The molecule has 37 heavy (non-hydrogen) atoms. The molecule has 1 aliphatic rings. The fourth-order valence-electron chi connectivity index (χ4n) is 3.87. The van der Waals surface area contributed by atoms with Gasteiger partial charge in [0.15, 0.2) is 0 Å². The highest BCUT2D eigenvalue weighted by atomic mass is 32.1. The summed E-state index contributed by atoms with van der Waals surface area (Å²) in [6, 6.07) is 13.1. The Balaban J connectivity index is 1.55. The van der Waals surface area contributed by atoms with Crippen LogP contribution < -0.4 is 14.8 Å². The van der Waals surface area contributed by atoms with Crippen LogP contribution in [0.1, 0.15) is 53.6 Å². The monoisotopic (exact) mass is 523 g/mol. The van der Waals surface area contributed by atoms with Crippen LogP contribution in [0.2, 0.25) is 0 Å². The quantitative estimate of drug-likeness (QED) is 0.250. The lowest BCUT2D eigenvalue weighted by Gasteiger charge is -2.17. The van der Waals surface area contributed by atoms with E-state index in [2.05, 4.69) is 5.32 Å². The van der Waals surface area contributed by atoms with Gasteiger partial charge in [-0.1, -0.05) is 12.1 Å². The molecule has 8 nitrogen and oxygen atoms in total. The van der Waals surface area contributed by atoms with E-state index in [1.807, 2.05) is 35.0 Å². The summed E-state index contributed by atoms with van der Waals surface area (Å²) in [6.45, 7) is 0.358. The van der Waals surface area contributed by atoms with Crippen LogP contribution in [-0.4, -0.2) is 40.7 Å². The highest BCUT2D eigenvalue weighted by Gasteiger charge is 2.24. The molecule has 0 radical (unpaired) electrons. The Kier molecular flexibility index (Phi) is 8.79. The molecule has 1 aromatic heterocycles. The van der Waals surface area contributed by atoms with E-state index in [-0.39, 0.29) is 44.4 Å². The highest BCUT2D eigenvalue weighted by molar-refractivity contribution is 7.08. The van der Waals surface area contributed by atoms with Crippen LogP contribution in [0.4, 0.5) is 0 Å². The van der Waals surface area contributed by atoms with Gasteiger partial charge in [0.25, 0.3) is 5.91 Å². The summed E-state index contributed by atoms with van der Waals surface area (Å²) in [5.41, 5.74) is 3.87. The van der Waals surface area contributed by atoms with Gasteiger partial charge in [-0.3, -0.25) is 14.4 Å². The van der Waals surface area contributed by atoms with Gasteiger partial charge < -0.3 is 25.0 Å². The molecular weight excluding hydrogens is 494 g/mol. The summed E-state index contributed by atoms with van der Waals surface area (Å²) in [7, 11) is 0. The van der Waals surface area contributed by atoms with Gasteiger partial charge in [0.1, 0.15) is 18.1 Å². The van der Waals surface area contributed by atoms with Gasteiger partial charge in [0, 0.05) is 30.0 Å². The summed E-state index contributed by atoms with van der Waals surface area (Å²) in [4.78, 5) is 34.8. The average Bonchev–Trinajstić information content (AvgIpc) is 3.51. The van der Waals surface area contributed by atoms with Crippen LogP contribution in [0.15, 0.2) is 53.2 Å². The van der Waals surface area contributed by atoms with Crippen molar-refractivity contribution >= 4 is 29.2 Å². The molecule has 0 spiro atoms. The first-order valence-corrected chi connectivity index (χ1v) is 13.1. The van der Waals surface area contributed by atoms with E-state index < -0.39 is 11.9 Å². The SMILES string of the molecule is O=C(O)CCCOc1cccc(COc2cc(C(=O)NC3CC3)cc(-c3ccsc3)c2)c1CCC(=O)O. The van der Waals surface area contributed by atoms with Crippen LogP contribution in [0.3, 0.4) is 0 Å². The second-order valence-corrected chi connectivity index (χ2v) is 9.71. The van der Waals surface area contributed by atoms with Gasteiger partial charge in [-0.25, -0.2) is 0 Å². The second-order valence-electron chi connectivity index (χ2n) is 8.93. The molecule has 4 rings (SSSR count). The van der Waals surface area contributed by atoms with E-state index in [1.165, 1.54) is 0 Å². The van der Waals surface area contributed by atoms with Crippen molar-refractivity contribution in [3.63, 3.8) is 0 Å². The Morgan fingerprint density at radius 3 is 2.49 bits per heavy atom. The fourth-order valence-corrected chi connectivity index (χ4v) is 4.53. The van der Waals surface area contributed by atoms with Crippen molar-refractivity contribution in [2.24, 2.45) is 0 Å². The number of carboxylic acid groups (broad SMARTS) is 2. The van der Waals surface area contributed by atoms with Gasteiger partial charge in [-0.15, -0.1) is 0 Å². The molecule has 0 bridgehead atoms. The lowest BCUT2D eigenvalue weighted by atomic mass is 10.0. The minimum Gasteiger partial charge on any atom is -0.493 e. The molecule has 9 heteroatoms. The number of carbonyl (C=O) groups is 3. The maximum Gasteiger partial charge on any atom is 0.303 e. The Labute approximate surface area is 218 Å². The van der Waals surface area contributed by atoms with E-state index in [0.717, 1.165) is 29.5 Å². The van der Waals surface area contributed by atoms with Crippen molar-refractivity contribution in [2.75, 3.05) is 6.61 Å². The topological polar surface area (TPSA) is 122 Å². The van der Waals surface area contributed by atoms with Crippen LogP contribution in [-0.2, 0) is 22.6 Å². The molecule has 3 aromatic rings. The number of carbonyl (C=O) groups excluding carboxylic acids is 1. The van der Waals surface area contributed by atoms with E-state index in [0.29, 0.717) is 29.0 Å². The number of hydrogen-bond donors (Lipinski definition) is 3. The average molecular weight is 524 g/mol. The van der Waals surface area contributed by atoms with Crippen molar-refractivity contribution in [3.8, 4) is 22.6 Å². The number of benzene rings is 2. The molecule has 0 aliphatic heterocycles. The maximum atomic E-state index is 12.8. The largest absolute Gasteiger partial charge is 0.493 e. The van der Waals surface area contributed by atoms with E-state index >= 15 is 0 Å². The Morgan fingerprint density at radius 1 is 0.973 bits per heavy atom. The molecular formula is C28H29NO7S. The first kappa shape index (κ1) is 26.2. The van der Waals surface area contributed by atoms with Crippen LogP contribution in [0, 0.1) is 0 Å². The molecule has 0 unspecified atom stereocenters. The number of carboxylic acids is 2. The van der Waals surface area contributed by atoms with Gasteiger partial charge in [0.05, 0.1) is 6.61 Å². The Morgan fingerprint density at radius 2 is 1.78 bits per heavy atom. The molecule has 0 atom stereocenters.